The Hall–Kier alpha value is -2.32. The number of nitrogens with zero attached hydrogens (tertiary/aromatic N) is 2. The molecule has 4 rings (SSSR count). The molecular weight excluding hydrogens is 316 g/mol. The van der Waals surface area contributed by atoms with Gasteiger partial charge < -0.3 is 4.90 Å². The van der Waals surface area contributed by atoms with Crippen LogP contribution in [-0.4, -0.2) is 18.1 Å². The summed E-state index contributed by atoms with van der Waals surface area (Å²) in [7, 11) is 0. The van der Waals surface area contributed by atoms with Gasteiger partial charge in [-0.25, -0.2) is 4.98 Å². The number of benzene rings is 2. The van der Waals surface area contributed by atoms with E-state index in [1.54, 1.807) is 0 Å². The second-order valence-corrected chi connectivity index (χ2v) is 6.55. The molecule has 1 aromatic heterocycles. The minimum absolute atomic E-state index is 0.773. The van der Waals surface area contributed by atoms with Gasteiger partial charge in [-0.3, -0.25) is 0 Å². The number of pyridine rings is 1. The summed E-state index contributed by atoms with van der Waals surface area (Å²) in [5, 5.41) is 0.773. The van der Waals surface area contributed by atoms with Crippen molar-refractivity contribution in [1.29, 1.82) is 0 Å². The van der Waals surface area contributed by atoms with Crippen molar-refractivity contribution in [2.75, 3.05) is 18.0 Å². The van der Waals surface area contributed by atoms with Crippen LogP contribution < -0.4 is 4.90 Å². The fourth-order valence-electron chi connectivity index (χ4n) is 3.23. The largest absolute Gasteiger partial charge is 0.357 e. The quantitative estimate of drug-likeness (QED) is 0.613. The maximum atomic E-state index is 6.44. The summed E-state index contributed by atoms with van der Waals surface area (Å²) in [6, 6.07) is 22.6. The molecule has 0 saturated carbocycles. The first-order valence-electron chi connectivity index (χ1n) is 8.38. The number of rotatable bonds is 3. The molecule has 0 spiro atoms. The lowest BCUT2D eigenvalue weighted by molar-refractivity contribution is 0.939. The molecule has 0 bridgehead atoms. The Bertz CT molecular complexity index is 839. The zero-order chi connectivity index (χ0) is 16.4. The summed E-state index contributed by atoms with van der Waals surface area (Å²) in [6.07, 6.45) is 2.47. The molecule has 3 aromatic rings. The molecule has 1 saturated heterocycles. The van der Waals surface area contributed by atoms with Crippen molar-refractivity contribution in [3.05, 3.63) is 71.8 Å². The van der Waals surface area contributed by atoms with Gasteiger partial charge in [0.2, 0.25) is 0 Å². The molecule has 2 aromatic carbocycles. The molecule has 1 aliphatic rings. The highest BCUT2D eigenvalue weighted by Gasteiger charge is 2.16. The van der Waals surface area contributed by atoms with Gasteiger partial charge in [0.05, 0.1) is 5.69 Å². The van der Waals surface area contributed by atoms with Crippen LogP contribution in [-0.2, 0) is 0 Å². The highest BCUT2D eigenvalue weighted by atomic mass is 35.5. The smallest absolute Gasteiger partial charge is 0.129 e. The maximum absolute atomic E-state index is 6.44. The fraction of sp³-hybridized carbons (Fsp3) is 0.190. The molecule has 1 aliphatic heterocycles. The van der Waals surface area contributed by atoms with E-state index >= 15 is 0 Å². The number of halogens is 1. The summed E-state index contributed by atoms with van der Waals surface area (Å²) in [5.41, 5.74) is 4.30. The van der Waals surface area contributed by atoms with Gasteiger partial charge in [0.25, 0.3) is 0 Å². The molecule has 0 unspecified atom stereocenters. The van der Waals surface area contributed by atoms with Crippen LogP contribution in [0.3, 0.4) is 0 Å². The lowest BCUT2D eigenvalue weighted by atomic mass is 10.0. The Morgan fingerprint density at radius 1 is 0.792 bits per heavy atom. The van der Waals surface area contributed by atoms with E-state index in [2.05, 4.69) is 47.4 Å². The Morgan fingerprint density at radius 3 is 2.25 bits per heavy atom. The summed E-state index contributed by atoms with van der Waals surface area (Å²) in [5.74, 6) is 1.05. The lowest BCUT2D eigenvalue weighted by Gasteiger charge is -2.19. The van der Waals surface area contributed by atoms with E-state index < -0.39 is 0 Å². The Balaban J connectivity index is 1.87. The first-order chi connectivity index (χ1) is 11.8. The molecule has 0 N–H and O–H groups in total. The van der Waals surface area contributed by atoms with Crippen LogP contribution in [0.1, 0.15) is 12.8 Å². The molecule has 120 valence electrons. The van der Waals surface area contributed by atoms with Crippen LogP contribution in [0.4, 0.5) is 5.82 Å². The van der Waals surface area contributed by atoms with Gasteiger partial charge >= 0.3 is 0 Å². The van der Waals surface area contributed by atoms with Gasteiger partial charge in [-0.1, -0.05) is 60.1 Å². The Labute approximate surface area is 147 Å². The van der Waals surface area contributed by atoms with E-state index in [0.717, 1.165) is 46.3 Å². The molecule has 0 radical (unpaired) electrons. The number of anilines is 1. The van der Waals surface area contributed by atoms with Crippen LogP contribution in [0, 0.1) is 0 Å². The average Bonchev–Trinajstić information content (AvgIpc) is 3.17. The average molecular weight is 335 g/mol. The highest BCUT2D eigenvalue weighted by Crippen LogP contribution is 2.33. The van der Waals surface area contributed by atoms with Crippen LogP contribution in [0.5, 0.6) is 0 Å². The number of hydrogen-bond donors (Lipinski definition) is 0. The molecule has 0 atom stereocenters. The van der Waals surface area contributed by atoms with Gasteiger partial charge in [-0.05, 0) is 36.6 Å². The van der Waals surface area contributed by atoms with E-state index in [1.165, 1.54) is 12.8 Å². The second kappa shape index (κ2) is 6.66. The molecule has 0 amide bonds. The minimum atomic E-state index is 0.773. The molecular formula is C21H19ClN2. The van der Waals surface area contributed by atoms with Crippen molar-refractivity contribution in [2.24, 2.45) is 0 Å². The van der Waals surface area contributed by atoms with Crippen LogP contribution in [0.2, 0.25) is 5.02 Å². The standard InChI is InChI=1S/C21H19ClN2/c22-19-11-5-4-10-18(19)17-14-20(16-8-2-1-3-9-16)23-21(15-17)24-12-6-7-13-24/h1-5,8-11,14-15H,6-7,12-13H2. The van der Waals surface area contributed by atoms with Gasteiger partial charge in [-0.15, -0.1) is 0 Å². The summed E-state index contributed by atoms with van der Waals surface area (Å²) < 4.78 is 0. The van der Waals surface area contributed by atoms with Crippen molar-refractivity contribution in [2.45, 2.75) is 12.8 Å². The van der Waals surface area contributed by atoms with Crippen molar-refractivity contribution in [1.82, 2.24) is 4.98 Å². The van der Waals surface area contributed by atoms with Crippen LogP contribution in [0.25, 0.3) is 22.4 Å². The van der Waals surface area contributed by atoms with E-state index in [4.69, 9.17) is 16.6 Å². The van der Waals surface area contributed by atoms with Crippen LogP contribution >= 0.6 is 11.6 Å². The van der Waals surface area contributed by atoms with Gasteiger partial charge in [0.1, 0.15) is 5.82 Å². The molecule has 3 heteroatoms. The van der Waals surface area contributed by atoms with Gasteiger partial charge in [0, 0.05) is 29.2 Å². The van der Waals surface area contributed by atoms with Crippen molar-refractivity contribution in [3.8, 4) is 22.4 Å². The number of hydrogen-bond acceptors (Lipinski definition) is 2. The maximum Gasteiger partial charge on any atom is 0.129 e. The topological polar surface area (TPSA) is 16.1 Å². The normalized spacial score (nSPS) is 14.1. The first kappa shape index (κ1) is 15.2. The third-order valence-electron chi connectivity index (χ3n) is 4.50. The van der Waals surface area contributed by atoms with Crippen molar-refractivity contribution < 1.29 is 0 Å². The van der Waals surface area contributed by atoms with Gasteiger partial charge in [0.15, 0.2) is 0 Å². The van der Waals surface area contributed by atoms with Crippen molar-refractivity contribution >= 4 is 17.4 Å². The van der Waals surface area contributed by atoms with E-state index in [-0.39, 0.29) is 0 Å². The zero-order valence-corrected chi connectivity index (χ0v) is 14.2. The summed E-state index contributed by atoms with van der Waals surface area (Å²) in [4.78, 5) is 7.29. The third-order valence-corrected chi connectivity index (χ3v) is 4.83. The Kier molecular flexibility index (Phi) is 4.22. The summed E-state index contributed by atoms with van der Waals surface area (Å²) in [6.45, 7) is 2.15. The predicted molar refractivity (Wildman–Crippen MR) is 102 cm³/mol. The van der Waals surface area contributed by atoms with E-state index in [1.807, 2.05) is 24.3 Å². The molecule has 2 heterocycles. The first-order valence-corrected chi connectivity index (χ1v) is 8.76. The third kappa shape index (κ3) is 3.02. The molecule has 0 aliphatic carbocycles. The Morgan fingerprint density at radius 2 is 1.50 bits per heavy atom. The monoisotopic (exact) mass is 334 g/mol. The van der Waals surface area contributed by atoms with Crippen LogP contribution in [0.15, 0.2) is 66.7 Å². The summed E-state index contributed by atoms with van der Waals surface area (Å²) >= 11 is 6.44. The lowest BCUT2D eigenvalue weighted by Crippen LogP contribution is -2.19. The SMILES string of the molecule is Clc1ccccc1-c1cc(-c2ccccc2)nc(N2CCCC2)c1. The van der Waals surface area contributed by atoms with E-state index in [9.17, 15) is 0 Å². The molecule has 24 heavy (non-hydrogen) atoms. The second-order valence-electron chi connectivity index (χ2n) is 6.14. The molecule has 2 nitrogen and oxygen atoms in total. The predicted octanol–water partition coefficient (Wildman–Crippen LogP) is 5.67. The van der Waals surface area contributed by atoms with Gasteiger partial charge in [-0.2, -0.15) is 0 Å². The molecule has 1 fully saturated rings. The fourth-order valence-corrected chi connectivity index (χ4v) is 3.48. The van der Waals surface area contributed by atoms with Crippen molar-refractivity contribution in [3.63, 3.8) is 0 Å². The number of aromatic nitrogens is 1. The van der Waals surface area contributed by atoms with E-state index in [0.29, 0.717) is 0 Å². The highest BCUT2D eigenvalue weighted by molar-refractivity contribution is 6.33. The minimum Gasteiger partial charge on any atom is -0.357 e. The zero-order valence-electron chi connectivity index (χ0n) is 13.5.